The molecule has 0 aromatic carbocycles. The summed E-state index contributed by atoms with van der Waals surface area (Å²) in [5.74, 6) is 0.102. The highest BCUT2D eigenvalue weighted by molar-refractivity contribution is 6.28. The zero-order valence-corrected chi connectivity index (χ0v) is 11.1. The van der Waals surface area contributed by atoms with E-state index in [9.17, 15) is 15.2 Å². The van der Waals surface area contributed by atoms with E-state index in [0.717, 1.165) is 31.9 Å². The van der Waals surface area contributed by atoms with Crippen LogP contribution in [-0.4, -0.2) is 33.1 Å². The molecule has 1 aromatic heterocycles. The molecule has 1 aliphatic carbocycles. The van der Waals surface area contributed by atoms with Gasteiger partial charge in [0, 0.05) is 12.0 Å². The second-order valence-electron chi connectivity index (χ2n) is 4.85. The molecule has 0 aliphatic heterocycles. The quantitative estimate of drug-likeness (QED) is 0.488. The van der Waals surface area contributed by atoms with Gasteiger partial charge in [0.1, 0.15) is 6.20 Å². The fourth-order valence-corrected chi connectivity index (χ4v) is 2.54. The van der Waals surface area contributed by atoms with Crippen LogP contribution in [0, 0.1) is 15.5 Å². The molecule has 1 heterocycles. The van der Waals surface area contributed by atoms with Crippen LogP contribution in [0.5, 0.6) is 0 Å². The molecule has 1 aliphatic rings. The molecule has 0 amide bonds. The van der Waals surface area contributed by atoms with Gasteiger partial charge in [0.05, 0.1) is 11.5 Å². The molecule has 0 unspecified atom stereocenters. The molecule has 0 saturated heterocycles. The Bertz CT molecular complexity index is 477. The summed E-state index contributed by atoms with van der Waals surface area (Å²) in [5, 5.41) is 23.3. The summed E-state index contributed by atoms with van der Waals surface area (Å²) in [7, 11) is 0. The van der Waals surface area contributed by atoms with Gasteiger partial charge in [-0.15, -0.1) is 0 Å². The zero-order chi connectivity index (χ0) is 13.9. The Balaban J connectivity index is 2.14. The highest BCUT2D eigenvalue weighted by Crippen LogP contribution is 2.38. The van der Waals surface area contributed by atoms with Crippen LogP contribution in [0.25, 0.3) is 0 Å². The Labute approximate surface area is 115 Å². The summed E-state index contributed by atoms with van der Waals surface area (Å²) in [6, 6.07) is 0. The van der Waals surface area contributed by atoms with Crippen molar-refractivity contribution in [3.63, 3.8) is 0 Å². The molecule has 1 saturated carbocycles. The van der Waals surface area contributed by atoms with Gasteiger partial charge < -0.3 is 10.4 Å². The lowest BCUT2D eigenvalue weighted by Crippen LogP contribution is -2.31. The number of nitrogens with zero attached hydrogens (tertiary/aromatic N) is 3. The number of hydrogen-bond acceptors (Lipinski definition) is 6. The summed E-state index contributed by atoms with van der Waals surface area (Å²) in [6.07, 6.45) is 5.02. The van der Waals surface area contributed by atoms with Crippen molar-refractivity contribution >= 4 is 23.1 Å². The first kappa shape index (κ1) is 14.0. The predicted octanol–water partition coefficient (Wildman–Crippen LogP) is 2.00. The van der Waals surface area contributed by atoms with E-state index >= 15 is 0 Å². The molecule has 0 spiro atoms. The van der Waals surface area contributed by atoms with Gasteiger partial charge >= 0.3 is 5.69 Å². The number of aliphatic hydroxyl groups excluding tert-OH is 1. The molecule has 104 valence electrons. The summed E-state index contributed by atoms with van der Waals surface area (Å²) in [6.45, 7) is 0.504. The van der Waals surface area contributed by atoms with Gasteiger partial charge in [-0.1, -0.05) is 12.8 Å². The molecule has 0 bridgehead atoms. The van der Waals surface area contributed by atoms with E-state index in [4.69, 9.17) is 11.6 Å². The third-order valence-corrected chi connectivity index (χ3v) is 3.75. The standard InChI is InChI=1S/C11H15ClN4O3/c12-10-13-5-8(16(18)19)9(15-10)14-6-11(7-17)3-1-2-4-11/h5,17H,1-4,6-7H2,(H,13,14,15). The van der Waals surface area contributed by atoms with Crippen LogP contribution in [0.3, 0.4) is 0 Å². The molecule has 0 atom stereocenters. The maximum atomic E-state index is 10.9. The fraction of sp³-hybridized carbons (Fsp3) is 0.636. The Hall–Kier alpha value is -1.47. The Kier molecular flexibility index (Phi) is 4.16. The molecule has 1 fully saturated rings. The largest absolute Gasteiger partial charge is 0.396 e. The van der Waals surface area contributed by atoms with Gasteiger partial charge in [-0.2, -0.15) is 4.98 Å². The van der Waals surface area contributed by atoms with Crippen LogP contribution >= 0.6 is 11.6 Å². The van der Waals surface area contributed by atoms with Gasteiger partial charge in [-0.05, 0) is 24.4 Å². The van der Waals surface area contributed by atoms with Crippen LogP contribution < -0.4 is 5.32 Å². The van der Waals surface area contributed by atoms with Gasteiger partial charge in [0.15, 0.2) is 0 Å². The summed E-state index contributed by atoms with van der Waals surface area (Å²) < 4.78 is 0. The Morgan fingerprint density at radius 2 is 2.21 bits per heavy atom. The van der Waals surface area contributed by atoms with Crippen molar-refractivity contribution in [1.82, 2.24) is 9.97 Å². The fourth-order valence-electron chi connectivity index (χ4n) is 2.40. The second kappa shape index (κ2) is 5.66. The van der Waals surface area contributed by atoms with E-state index in [-0.39, 0.29) is 28.8 Å². The molecule has 1 aromatic rings. The third kappa shape index (κ3) is 3.10. The van der Waals surface area contributed by atoms with E-state index in [0.29, 0.717) is 6.54 Å². The van der Waals surface area contributed by atoms with Gasteiger partial charge in [0.2, 0.25) is 11.1 Å². The highest BCUT2D eigenvalue weighted by Gasteiger charge is 2.33. The van der Waals surface area contributed by atoms with Crippen molar-refractivity contribution in [2.24, 2.45) is 5.41 Å². The number of hydrogen-bond donors (Lipinski definition) is 2. The van der Waals surface area contributed by atoms with Crippen LogP contribution in [0.15, 0.2) is 6.20 Å². The number of anilines is 1. The molecule has 2 rings (SSSR count). The Morgan fingerprint density at radius 1 is 1.53 bits per heavy atom. The van der Waals surface area contributed by atoms with E-state index in [1.165, 1.54) is 0 Å². The average molecular weight is 287 g/mol. The SMILES string of the molecule is O=[N+]([O-])c1cnc(Cl)nc1NCC1(CO)CCCC1. The van der Waals surface area contributed by atoms with E-state index in [2.05, 4.69) is 15.3 Å². The van der Waals surface area contributed by atoms with Crippen molar-refractivity contribution in [1.29, 1.82) is 0 Å². The molecule has 2 N–H and O–H groups in total. The number of nitro groups is 1. The molecule has 7 nitrogen and oxygen atoms in total. The van der Waals surface area contributed by atoms with Crippen molar-refractivity contribution < 1.29 is 10.0 Å². The number of rotatable bonds is 5. The molecule has 19 heavy (non-hydrogen) atoms. The maximum absolute atomic E-state index is 10.9. The summed E-state index contributed by atoms with van der Waals surface area (Å²) in [5.41, 5.74) is -0.429. The minimum Gasteiger partial charge on any atom is -0.396 e. The monoisotopic (exact) mass is 286 g/mol. The van der Waals surface area contributed by atoms with Gasteiger partial charge in [-0.3, -0.25) is 10.1 Å². The minimum absolute atomic E-state index is 0.0439. The van der Waals surface area contributed by atoms with Crippen molar-refractivity contribution in [2.45, 2.75) is 25.7 Å². The van der Waals surface area contributed by atoms with Crippen molar-refractivity contribution in [2.75, 3.05) is 18.5 Å². The highest BCUT2D eigenvalue weighted by atomic mass is 35.5. The summed E-state index contributed by atoms with van der Waals surface area (Å²) in [4.78, 5) is 17.8. The first-order valence-corrected chi connectivity index (χ1v) is 6.46. The minimum atomic E-state index is -0.557. The summed E-state index contributed by atoms with van der Waals surface area (Å²) >= 11 is 5.65. The van der Waals surface area contributed by atoms with Crippen LogP contribution in [0.2, 0.25) is 5.28 Å². The number of halogens is 1. The first-order valence-electron chi connectivity index (χ1n) is 6.08. The van der Waals surface area contributed by atoms with Gasteiger partial charge in [-0.25, -0.2) is 4.98 Å². The molecular formula is C11H15ClN4O3. The average Bonchev–Trinajstić information content (AvgIpc) is 2.85. The third-order valence-electron chi connectivity index (χ3n) is 3.57. The smallest absolute Gasteiger partial charge is 0.329 e. The lowest BCUT2D eigenvalue weighted by atomic mass is 9.87. The van der Waals surface area contributed by atoms with Crippen molar-refractivity contribution in [3.8, 4) is 0 Å². The predicted molar refractivity (Wildman–Crippen MR) is 70.2 cm³/mol. The lowest BCUT2D eigenvalue weighted by molar-refractivity contribution is -0.384. The van der Waals surface area contributed by atoms with Crippen LogP contribution in [0.4, 0.5) is 11.5 Å². The first-order chi connectivity index (χ1) is 9.06. The normalized spacial score (nSPS) is 17.4. The number of nitrogens with one attached hydrogen (secondary N) is 1. The van der Waals surface area contributed by atoms with E-state index < -0.39 is 4.92 Å². The maximum Gasteiger partial charge on any atom is 0.329 e. The second-order valence-corrected chi connectivity index (χ2v) is 5.19. The lowest BCUT2D eigenvalue weighted by Gasteiger charge is -2.26. The van der Waals surface area contributed by atoms with E-state index in [1.54, 1.807) is 0 Å². The molecule has 0 radical (unpaired) electrons. The molecule has 8 heteroatoms. The number of aromatic nitrogens is 2. The Morgan fingerprint density at radius 3 is 2.79 bits per heavy atom. The van der Waals surface area contributed by atoms with E-state index in [1.807, 2.05) is 0 Å². The van der Waals surface area contributed by atoms with Gasteiger partial charge in [0.25, 0.3) is 0 Å². The topological polar surface area (TPSA) is 101 Å². The molecular weight excluding hydrogens is 272 g/mol. The van der Waals surface area contributed by atoms with Crippen LogP contribution in [0.1, 0.15) is 25.7 Å². The van der Waals surface area contributed by atoms with Crippen LogP contribution in [-0.2, 0) is 0 Å². The van der Waals surface area contributed by atoms with Crippen molar-refractivity contribution in [3.05, 3.63) is 21.6 Å². The number of aliphatic hydroxyl groups is 1. The zero-order valence-electron chi connectivity index (χ0n) is 10.3.